The largest absolute Gasteiger partial charge is 0.359 e. The molecule has 0 fully saturated rings. The molecular formula is C15H23N3O2. The van der Waals surface area contributed by atoms with Gasteiger partial charge in [-0.25, -0.2) is 0 Å². The molecule has 0 aliphatic carbocycles. The normalized spacial score (nSPS) is 11.0. The first kappa shape index (κ1) is 16.2. The lowest BCUT2D eigenvalue weighted by molar-refractivity contribution is -0.129. The Hall–Kier alpha value is -1.88. The van der Waals surface area contributed by atoms with Crippen LogP contribution in [-0.4, -0.2) is 25.4 Å². The molecule has 0 aliphatic heterocycles. The summed E-state index contributed by atoms with van der Waals surface area (Å²) >= 11 is 0. The van der Waals surface area contributed by atoms with Crippen LogP contribution in [0.2, 0.25) is 0 Å². The summed E-state index contributed by atoms with van der Waals surface area (Å²) in [5.41, 5.74) is 6.90. The number of carbonyl (C=O) groups excluding carboxylic acids is 2. The van der Waals surface area contributed by atoms with E-state index >= 15 is 0 Å². The Morgan fingerprint density at radius 1 is 1.20 bits per heavy atom. The van der Waals surface area contributed by atoms with E-state index < -0.39 is 5.41 Å². The van der Waals surface area contributed by atoms with E-state index in [2.05, 4.69) is 10.6 Å². The molecule has 0 radical (unpaired) electrons. The van der Waals surface area contributed by atoms with Crippen LogP contribution >= 0.6 is 0 Å². The van der Waals surface area contributed by atoms with Crippen LogP contribution < -0.4 is 16.4 Å². The average Bonchev–Trinajstić information content (AvgIpc) is 2.45. The van der Waals surface area contributed by atoms with Crippen LogP contribution in [0.5, 0.6) is 0 Å². The van der Waals surface area contributed by atoms with Crippen LogP contribution in [0.25, 0.3) is 0 Å². The molecule has 2 amide bonds. The molecule has 20 heavy (non-hydrogen) atoms. The first-order valence-electron chi connectivity index (χ1n) is 6.66. The van der Waals surface area contributed by atoms with Crippen LogP contribution in [0.3, 0.4) is 0 Å². The summed E-state index contributed by atoms with van der Waals surface area (Å²) in [4.78, 5) is 23.6. The first-order valence-corrected chi connectivity index (χ1v) is 6.66. The minimum atomic E-state index is -0.627. The Kier molecular flexibility index (Phi) is 5.70. The van der Waals surface area contributed by atoms with Crippen molar-refractivity contribution in [3.63, 3.8) is 0 Å². The van der Waals surface area contributed by atoms with Crippen molar-refractivity contribution in [2.24, 2.45) is 11.1 Å². The molecular weight excluding hydrogens is 254 g/mol. The summed E-state index contributed by atoms with van der Waals surface area (Å²) in [6.07, 6.45) is 0.275. The number of carbonyl (C=O) groups is 2. The van der Waals surface area contributed by atoms with Gasteiger partial charge in [-0.3, -0.25) is 9.59 Å². The molecule has 0 atom stereocenters. The van der Waals surface area contributed by atoms with Gasteiger partial charge >= 0.3 is 0 Å². The molecule has 0 unspecified atom stereocenters. The van der Waals surface area contributed by atoms with Gasteiger partial charge < -0.3 is 16.4 Å². The van der Waals surface area contributed by atoms with Crippen LogP contribution in [0.4, 0.5) is 0 Å². The van der Waals surface area contributed by atoms with Gasteiger partial charge in [0, 0.05) is 20.1 Å². The zero-order valence-electron chi connectivity index (χ0n) is 12.3. The smallest absolute Gasteiger partial charge is 0.227 e. The van der Waals surface area contributed by atoms with Crippen molar-refractivity contribution >= 4 is 11.8 Å². The van der Waals surface area contributed by atoms with E-state index in [9.17, 15) is 9.59 Å². The van der Waals surface area contributed by atoms with Gasteiger partial charge in [0.05, 0.1) is 11.8 Å². The number of hydrogen-bond acceptors (Lipinski definition) is 3. The molecule has 0 saturated carbocycles. The van der Waals surface area contributed by atoms with Crippen molar-refractivity contribution in [2.45, 2.75) is 26.8 Å². The highest BCUT2D eigenvalue weighted by Crippen LogP contribution is 2.13. The van der Waals surface area contributed by atoms with E-state index in [1.807, 2.05) is 24.3 Å². The van der Waals surface area contributed by atoms with Gasteiger partial charge in [-0.15, -0.1) is 0 Å². The number of nitrogens with one attached hydrogen (secondary N) is 2. The van der Waals surface area contributed by atoms with Gasteiger partial charge in [-0.1, -0.05) is 24.3 Å². The van der Waals surface area contributed by atoms with Gasteiger partial charge in [-0.05, 0) is 25.0 Å². The Morgan fingerprint density at radius 3 is 2.35 bits per heavy atom. The maximum Gasteiger partial charge on any atom is 0.227 e. The second kappa shape index (κ2) is 7.05. The topological polar surface area (TPSA) is 84.2 Å². The Bertz CT molecular complexity index is 484. The van der Waals surface area contributed by atoms with Crippen molar-refractivity contribution in [3.8, 4) is 0 Å². The number of benzene rings is 1. The standard InChI is InChI=1S/C15H23N3O2/c1-15(2,14(20)17-3)10-18-13(19)8-11-6-4-5-7-12(11)9-16/h4-7H,8-10,16H2,1-3H3,(H,17,20)(H,18,19). The van der Waals surface area contributed by atoms with Crippen LogP contribution in [0.15, 0.2) is 24.3 Å². The highest BCUT2D eigenvalue weighted by atomic mass is 16.2. The molecule has 5 heteroatoms. The molecule has 1 aromatic carbocycles. The molecule has 110 valence electrons. The molecule has 0 heterocycles. The lowest BCUT2D eigenvalue weighted by Gasteiger charge is -2.22. The molecule has 1 rings (SSSR count). The van der Waals surface area contributed by atoms with Gasteiger partial charge in [-0.2, -0.15) is 0 Å². The maximum absolute atomic E-state index is 12.0. The van der Waals surface area contributed by atoms with Gasteiger partial charge in [0.2, 0.25) is 11.8 Å². The molecule has 0 aromatic heterocycles. The summed E-state index contributed by atoms with van der Waals surface area (Å²) < 4.78 is 0. The van der Waals surface area contributed by atoms with Crippen molar-refractivity contribution in [2.75, 3.05) is 13.6 Å². The Morgan fingerprint density at radius 2 is 1.80 bits per heavy atom. The third-order valence-electron chi connectivity index (χ3n) is 3.26. The van der Waals surface area contributed by atoms with Crippen molar-refractivity contribution in [1.82, 2.24) is 10.6 Å². The second-order valence-electron chi connectivity index (χ2n) is 5.39. The Labute approximate surface area is 119 Å². The van der Waals surface area contributed by atoms with E-state index in [0.717, 1.165) is 11.1 Å². The SMILES string of the molecule is CNC(=O)C(C)(C)CNC(=O)Cc1ccccc1CN. The summed E-state index contributed by atoms with van der Waals surface area (Å²) in [6, 6.07) is 7.59. The van der Waals surface area contributed by atoms with E-state index in [-0.39, 0.29) is 18.2 Å². The highest BCUT2D eigenvalue weighted by Gasteiger charge is 2.26. The summed E-state index contributed by atoms with van der Waals surface area (Å²) in [7, 11) is 1.59. The summed E-state index contributed by atoms with van der Waals surface area (Å²) in [6.45, 7) is 4.30. The summed E-state index contributed by atoms with van der Waals surface area (Å²) in [5.74, 6) is -0.206. The number of hydrogen-bond donors (Lipinski definition) is 3. The molecule has 1 aromatic rings. The highest BCUT2D eigenvalue weighted by molar-refractivity contribution is 5.83. The van der Waals surface area contributed by atoms with Gasteiger partial charge in [0.15, 0.2) is 0 Å². The first-order chi connectivity index (χ1) is 9.40. The van der Waals surface area contributed by atoms with E-state index in [0.29, 0.717) is 13.1 Å². The summed E-state index contributed by atoms with van der Waals surface area (Å²) in [5, 5.41) is 5.39. The predicted molar refractivity (Wildman–Crippen MR) is 78.9 cm³/mol. The monoisotopic (exact) mass is 277 g/mol. The molecule has 0 spiro atoms. The van der Waals surface area contributed by atoms with E-state index in [1.165, 1.54) is 0 Å². The maximum atomic E-state index is 12.0. The zero-order valence-corrected chi connectivity index (χ0v) is 12.3. The van der Waals surface area contributed by atoms with Crippen LogP contribution in [0, 0.1) is 5.41 Å². The van der Waals surface area contributed by atoms with Crippen molar-refractivity contribution < 1.29 is 9.59 Å². The molecule has 0 aliphatic rings. The predicted octanol–water partition coefficient (Wildman–Crippen LogP) is 0.576. The minimum Gasteiger partial charge on any atom is -0.359 e. The van der Waals surface area contributed by atoms with Gasteiger partial charge in [0.25, 0.3) is 0 Å². The zero-order chi connectivity index (χ0) is 15.2. The fourth-order valence-corrected chi connectivity index (χ4v) is 1.90. The van der Waals surface area contributed by atoms with Gasteiger partial charge in [0.1, 0.15) is 0 Å². The number of rotatable bonds is 6. The molecule has 4 N–H and O–H groups in total. The van der Waals surface area contributed by atoms with Crippen LogP contribution in [0.1, 0.15) is 25.0 Å². The van der Waals surface area contributed by atoms with Crippen molar-refractivity contribution in [1.29, 1.82) is 0 Å². The molecule has 5 nitrogen and oxygen atoms in total. The Balaban J connectivity index is 2.58. The lowest BCUT2D eigenvalue weighted by Crippen LogP contribution is -2.44. The van der Waals surface area contributed by atoms with Crippen molar-refractivity contribution in [3.05, 3.63) is 35.4 Å². The lowest BCUT2D eigenvalue weighted by atomic mass is 9.92. The minimum absolute atomic E-state index is 0.0971. The van der Waals surface area contributed by atoms with E-state index in [1.54, 1.807) is 20.9 Å². The van der Waals surface area contributed by atoms with E-state index in [4.69, 9.17) is 5.73 Å². The third-order valence-corrected chi connectivity index (χ3v) is 3.26. The molecule has 0 saturated heterocycles. The average molecular weight is 277 g/mol. The number of amides is 2. The molecule has 0 bridgehead atoms. The fraction of sp³-hybridized carbons (Fsp3) is 0.467. The quantitative estimate of drug-likeness (QED) is 0.711. The van der Waals surface area contributed by atoms with Crippen LogP contribution in [-0.2, 0) is 22.6 Å². The third kappa shape index (κ3) is 4.35. The fourth-order valence-electron chi connectivity index (χ4n) is 1.90. The second-order valence-corrected chi connectivity index (χ2v) is 5.39. The number of nitrogens with two attached hydrogens (primary N) is 1.